The van der Waals surface area contributed by atoms with Gasteiger partial charge in [-0.15, -0.1) is 0 Å². The van der Waals surface area contributed by atoms with Crippen molar-refractivity contribution >= 4 is 34.1 Å². The third-order valence-corrected chi connectivity index (χ3v) is 4.32. The first kappa shape index (κ1) is 16.8. The lowest BCUT2D eigenvalue weighted by atomic mass is 10.1. The number of hydrogen-bond acceptors (Lipinski definition) is 2. The van der Waals surface area contributed by atoms with Crippen LogP contribution in [0.2, 0.25) is 0 Å². The molecule has 128 valence electrons. The fraction of sp³-hybridized carbons (Fsp3) is 0.200. The molecule has 2 N–H and O–H groups in total. The Bertz CT molecular complexity index is 955. The molecule has 0 radical (unpaired) electrons. The van der Waals surface area contributed by atoms with Crippen molar-refractivity contribution in [2.45, 2.75) is 20.8 Å². The molecule has 25 heavy (non-hydrogen) atoms. The summed E-state index contributed by atoms with van der Waals surface area (Å²) in [5.74, 6) is -0.235. The molecule has 5 nitrogen and oxygen atoms in total. The number of fused-ring (bicyclic) bond motifs is 1. The lowest BCUT2D eigenvalue weighted by Gasteiger charge is -2.15. The Balaban J connectivity index is 1.80. The highest BCUT2D eigenvalue weighted by atomic mass is 16.2. The summed E-state index contributed by atoms with van der Waals surface area (Å²) in [5, 5.41) is 3.93. The van der Waals surface area contributed by atoms with Crippen molar-refractivity contribution in [3.8, 4) is 0 Å². The summed E-state index contributed by atoms with van der Waals surface area (Å²) in [4.78, 5) is 28.6. The summed E-state index contributed by atoms with van der Waals surface area (Å²) < 4.78 is 0. The molecule has 5 heteroatoms. The molecule has 0 aliphatic carbocycles. The standard InChI is InChI=1S/C20H21N3O2/c1-12-9-13(2)17-11-19(22-18(17)10-12)20(25)21-15-5-7-16(8-6-15)23(4)14(3)24/h5-11,22H,1-4H3,(H,21,25). The van der Waals surface area contributed by atoms with Crippen molar-refractivity contribution in [1.29, 1.82) is 0 Å². The van der Waals surface area contributed by atoms with Gasteiger partial charge in [-0.2, -0.15) is 0 Å². The molecule has 2 amide bonds. The summed E-state index contributed by atoms with van der Waals surface area (Å²) in [6.45, 7) is 5.58. The van der Waals surface area contributed by atoms with Crippen molar-refractivity contribution in [3.63, 3.8) is 0 Å². The van der Waals surface area contributed by atoms with Crippen LogP contribution in [0, 0.1) is 13.8 Å². The molecule has 1 aromatic heterocycles. The number of benzene rings is 2. The number of rotatable bonds is 3. The number of anilines is 2. The molecule has 0 fully saturated rings. The molecule has 0 saturated carbocycles. The van der Waals surface area contributed by atoms with Gasteiger partial charge >= 0.3 is 0 Å². The minimum atomic E-state index is -0.194. The Morgan fingerprint density at radius 3 is 2.36 bits per heavy atom. The van der Waals surface area contributed by atoms with E-state index in [4.69, 9.17) is 0 Å². The maximum atomic E-state index is 12.5. The van der Waals surface area contributed by atoms with Gasteiger partial charge in [-0.1, -0.05) is 6.07 Å². The minimum absolute atomic E-state index is 0.0412. The van der Waals surface area contributed by atoms with E-state index >= 15 is 0 Å². The maximum Gasteiger partial charge on any atom is 0.272 e. The van der Waals surface area contributed by atoms with Crippen LogP contribution in [0.25, 0.3) is 10.9 Å². The first-order chi connectivity index (χ1) is 11.8. The number of amides is 2. The molecule has 1 heterocycles. The van der Waals surface area contributed by atoms with Crippen molar-refractivity contribution in [2.24, 2.45) is 0 Å². The van der Waals surface area contributed by atoms with Crippen molar-refractivity contribution in [1.82, 2.24) is 4.98 Å². The Hall–Kier alpha value is -3.08. The second-order valence-corrected chi connectivity index (χ2v) is 6.31. The lowest BCUT2D eigenvalue weighted by Crippen LogP contribution is -2.22. The van der Waals surface area contributed by atoms with Gasteiger partial charge in [0.05, 0.1) is 0 Å². The normalized spacial score (nSPS) is 10.7. The molecule has 0 saturated heterocycles. The second kappa shape index (κ2) is 6.43. The Kier molecular flexibility index (Phi) is 4.31. The third kappa shape index (κ3) is 3.40. The number of nitrogens with zero attached hydrogens (tertiary/aromatic N) is 1. The summed E-state index contributed by atoms with van der Waals surface area (Å²) in [6.07, 6.45) is 0. The average Bonchev–Trinajstić information content (AvgIpc) is 2.99. The monoisotopic (exact) mass is 335 g/mol. The summed E-state index contributed by atoms with van der Waals surface area (Å²) in [6, 6.07) is 13.2. The number of hydrogen-bond donors (Lipinski definition) is 2. The molecule has 3 aromatic rings. The molecule has 3 rings (SSSR count). The molecule has 0 aliphatic heterocycles. The Morgan fingerprint density at radius 2 is 1.72 bits per heavy atom. The zero-order chi connectivity index (χ0) is 18.1. The van der Waals surface area contributed by atoms with E-state index in [1.54, 1.807) is 36.2 Å². The van der Waals surface area contributed by atoms with E-state index in [1.165, 1.54) is 6.92 Å². The number of aromatic amines is 1. The second-order valence-electron chi connectivity index (χ2n) is 6.31. The molecular weight excluding hydrogens is 314 g/mol. The average molecular weight is 335 g/mol. The third-order valence-electron chi connectivity index (χ3n) is 4.32. The van der Waals surface area contributed by atoms with Crippen molar-refractivity contribution in [3.05, 3.63) is 59.3 Å². The van der Waals surface area contributed by atoms with E-state index in [0.29, 0.717) is 11.4 Å². The Labute approximate surface area is 146 Å². The largest absolute Gasteiger partial charge is 0.351 e. The number of H-pyrrole nitrogens is 1. The van der Waals surface area contributed by atoms with Crippen LogP contribution in [0.15, 0.2) is 42.5 Å². The SMILES string of the molecule is CC(=O)N(C)c1ccc(NC(=O)c2cc3c(C)cc(C)cc3[nH]2)cc1. The summed E-state index contributed by atoms with van der Waals surface area (Å²) in [7, 11) is 1.71. The van der Waals surface area contributed by atoms with Crippen LogP contribution >= 0.6 is 0 Å². The van der Waals surface area contributed by atoms with Gasteiger partial charge in [0.15, 0.2) is 0 Å². The number of carbonyl (C=O) groups excluding carboxylic acids is 2. The highest BCUT2D eigenvalue weighted by Gasteiger charge is 2.12. The molecule has 0 bridgehead atoms. The Morgan fingerprint density at radius 1 is 1.04 bits per heavy atom. The lowest BCUT2D eigenvalue weighted by molar-refractivity contribution is -0.116. The van der Waals surface area contributed by atoms with Gasteiger partial charge in [-0.25, -0.2) is 0 Å². The molecule has 0 atom stereocenters. The molecular formula is C20H21N3O2. The van der Waals surface area contributed by atoms with E-state index in [1.807, 2.05) is 26.0 Å². The zero-order valence-electron chi connectivity index (χ0n) is 14.8. The van der Waals surface area contributed by atoms with Crippen LogP contribution in [0.4, 0.5) is 11.4 Å². The first-order valence-corrected chi connectivity index (χ1v) is 8.11. The van der Waals surface area contributed by atoms with E-state index in [2.05, 4.69) is 16.4 Å². The van der Waals surface area contributed by atoms with Gasteiger partial charge in [0.2, 0.25) is 5.91 Å². The highest BCUT2D eigenvalue weighted by Crippen LogP contribution is 2.22. The predicted octanol–water partition coefficient (Wildman–Crippen LogP) is 4.02. The van der Waals surface area contributed by atoms with Crippen LogP contribution in [0.5, 0.6) is 0 Å². The van der Waals surface area contributed by atoms with Crippen molar-refractivity contribution in [2.75, 3.05) is 17.3 Å². The van der Waals surface area contributed by atoms with Gasteiger partial charge in [0.25, 0.3) is 5.91 Å². The van der Waals surface area contributed by atoms with Crippen LogP contribution in [0.1, 0.15) is 28.5 Å². The molecule has 0 spiro atoms. The minimum Gasteiger partial charge on any atom is -0.351 e. The summed E-state index contributed by atoms with van der Waals surface area (Å²) in [5.41, 5.74) is 5.24. The number of nitrogens with one attached hydrogen (secondary N) is 2. The van der Waals surface area contributed by atoms with E-state index in [0.717, 1.165) is 27.7 Å². The number of aromatic nitrogens is 1. The summed E-state index contributed by atoms with van der Waals surface area (Å²) >= 11 is 0. The van der Waals surface area contributed by atoms with E-state index in [-0.39, 0.29) is 11.8 Å². The number of aryl methyl sites for hydroxylation is 2. The number of carbonyl (C=O) groups is 2. The van der Waals surface area contributed by atoms with Gasteiger partial charge in [0.1, 0.15) is 5.69 Å². The van der Waals surface area contributed by atoms with Gasteiger partial charge in [-0.3, -0.25) is 9.59 Å². The van der Waals surface area contributed by atoms with Gasteiger partial charge < -0.3 is 15.2 Å². The van der Waals surface area contributed by atoms with Crippen LogP contribution in [-0.2, 0) is 4.79 Å². The molecule has 0 aliphatic rings. The van der Waals surface area contributed by atoms with Crippen LogP contribution < -0.4 is 10.2 Å². The molecule has 0 unspecified atom stereocenters. The maximum absolute atomic E-state index is 12.5. The van der Waals surface area contributed by atoms with Gasteiger partial charge in [0, 0.05) is 36.2 Å². The van der Waals surface area contributed by atoms with Crippen molar-refractivity contribution < 1.29 is 9.59 Å². The van der Waals surface area contributed by atoms with E-state index in [9.17, 15) is 9.59 Å². The predicted molar refractivity (Wildman–Crippen MR) is 101 cm³/mol. The topological polar surface area (TPSA) is 65.2 Å². The van der Waals surface area contributed by atoms with Crippen LogP contribution in [-0.4, -0.2) is 23.8 Å². The first-order valence-electron chi connectivity index (χ1n) is 8.11. The smallest absolute Gasteiger partial charge is 0.272 e. The fourth-order valence-electron chi connectivity index (χ4n) is 2.87. The van der Waals surface area contributed by atoms with E-state index < -0.39 is 0 Å². The zero-order valence-corrected chi connectivity index (χ0v) is 14.8. The molecule has 2 aromatic carbocycles. The quantitative estimate of drug-likeness (QED) is 0.759. The van der Waals surface area contributed by atoms with Gasteiger partial charge in [-0.05, 0) is 61.4 Å². The van der Waals surface area contributed by atoms with Crippen LogP contribution in [0.3, 0.4) is 0 Å². The fourth-order valence-corrected chi connectivity index (χ4v) is 2.87. The highest BCUT2D eigenvalue weighted by molar-refractivity contribution is 6.06.